The van der Waals surface area contributed by atoms with Crippen LogP contribution in [0.3, 0.4) is 0 Å². The first-order chi connectivity index (χ1) is 8.70. The van der Waals surface area contributed by atoms with Crippen LogP contribution in [0, 0.1) is 5.82 Å². The summed E-state index contributed by atoms with van der Waals surface area (Å²) in [5.41, 5.74) is 0.768. The lowest BCUT2D eigenvalue weighted by molar-refractivity contribution is 0.534. The molecule has 4 heteroatoms. The zero-order valence-corrected chi connectivity index (χ0v) is 12.5. The second-order valence-corrected chi connectivity index (χ2v) is 6.03. The van der Waals surface area contributed by atoms with E-state index < -0.39 is 0 Å². The Morgan fingerprint density at radius 3 is 2.67 bits per heavy atom. The molecular formula is C14H15BrFNS. The van der Waals surface area contributed by atoms with Crippen molar-refractivity contribution in [1.82, 2.24) is 5.32 Å². The molecule has 96 valence electrons. The van der Waals surface area contributed by atoms with Gasteiger partial charge in [0.1, 0.15) is 5.82 Å². The van der Waals surface area contributed by atoms with Crippen LogP contribution >= 0.6 is 27.3 Å². The van der Waals surface area contributed by atoms with Crippen LogP contribution in [0.2, 0.25) is 0 Å². The van der Waals surface area contributed by atoms with Gasteiger partial charge in [0.05, 0.1) is 0 Å². The molecule has 2 rings (SSSR count). The second-order valence-electron chi connectivity index (χ2n) is 4.18. The van der Waals surface area contributed by atoms with Crippen molar-refractivity contribution in [2.75, 3.05) is 7.05 Å². The number of rotatable bonds is 5. The van der Waals surface area contributed by atoms with E-state index in [1.54, 1.807) is 17.4 Å². The number of thiophene rings is 1. The molecule has 0 spiro atoms. The van der Waals surface area contributed by atoms with Crippen LogP contribution in [0.25, 0.3) is 0 Å². The maximum Gasteiger partial charge on any atom is 0.126 e. The highest BCUT2D eigenvalue weighted by Crippen LogP contribution is 2.24. The molecule has 1 unspecified atom stereocenters. The van der Waals surface area contributed by atoms with Crippen LogP contribution in [-0.2, 0) is 12.8 Å². The van der Waals surface area contributed by atoms with Crippen LogP contribution in [0.15, 0.2) is 40.2 Å². The summed E-state index contributed by atoms with van der Waals surface area (Å²) in [5.74, 6) is -0.122. The minimum atomic E-state index is -0.122. The SMILES string of the molecule is CNC(Cc1ccccc1F)Cc1sccc1Br. The van der Waals surface area contributed by atoms with Crippen LogP contribution in [0.5, 0.6) is 0 Å². The zero-order valence-electron chi connectivity index (χ0n) is 10.1. The fourth-order valence-corrected chi connectivity index (χ4v) is 3.50. The molecule has 0 aliphatic heterocycles. The van der Waals surface area contributed by atoms with Crippen molar-refractivity contribution in [3.05, 3.63) is 56.4 Å². The number of nitrogens with one attached hydrogen (secondary N) is 1. The minimum Gasteiger partial charge on any atom is -0.316 e. The van der Waals surface area contributed by atoms with Crippen molar-refractivity contribution >= 4 is 27.3 Å². The average molecular weight is 328 g/mol. The van der Waals surface area contributed by atoms with Crippen LogP contribution in [-0.4, -0.2) is 13.1 Å². The predicted octanol–water partition coefficient (Wildman–Crippen LogP) is 4.02. The first-order valence-corrected chi connectivity index (χ1v) is 7.50. The number of halogens is 2. The Hall–Kier alpha value is -0.710. The molecule has 0 fully saturated rings. The quantitative estimate of drug-likeness (QED) is 0.874. The van der Waals surface area contributed by atoms with Gasteiger partial charge in [-0.05, 0) is 58.9 Å². The third-order valence-corrected chi connectivity index (χ3v) is 4.90. The molecule has 2 aromatic rings. The maximum atomic E-state index is 13.6. The molecule has 0 radical (unpaired) electrons. The van der Waals surface area contributed by atoms with Crippen LogP contribution < -0.4 is 5.32 Å². The third kappa shape index (κ3) is 3.40. The summed E-state index contributed by atoms with van der Waals surface area (Å²) >= 11 is 5.26. The smallest absolute Gasteiger partial charge is 0.126 e. The standard InChI is InChI=1S/C14H15BrFNS/c1-17-11(9-14-12(15)6-7-18-14)8-10-4-2-3-5-13(10)16/h2-7,11,17H,8-9H2,1H3. The van der Waals surface area contributed by atoms with Gasteiger partial charge in [-0.2, -0.15) is 0 Å². The molecule has 0 bridgehead atoms. The Morgan fingerprint density at radius 1 is 1.28 bits per heavy atom. The molecule has 18 heavy (non-hydrogen) atoms. The van der Waals surface area contributed by atoms with Gasteiger partial charge in [-0.15, -0.1) is 11.3 Å². The van der Waals surface area contributed by atoms with E-state index in [9.17, 15) is 4.39 Å². The summed E-state index contributed by atoms with van der Waals surface area (Å²) in [4.78, 5) is 1.30. The summed E-state index contributed by atoms with van der Waals surface area (Å²) in [6.07, 6.45) is 1.61. The molecular weight excluding hydrogens is 313 g/mol. The molecule has 0 saturated heterocycles. The maximum absolute atomic E-state index is 13.6. The van der Waals surface area contributed by atoms with Gasteiger partial charge >= 0.3 is 0 Å². The monoisotopic (exact) mass is 327 g/mol. The summed E-state index contributed by atoms with van der Waals surface area (Å²) in [6.45, 7) is 0. The largest absolute Gasteiger partial charge is 0.316 e. The Bertz CT molecular complexity index is 512. The van der Waals surface area contributed by atoms with Gasteiger partial charge < -0.3 is 5.32 Å². The van der Waals surface area contributed by atoms with E-state index in [0.717, 1.165) is 16.5 Å². The molecule has 1 aromatic heterocycles. The van der Waals surface area contributed by atoms with Gasteiger partial charge in [0.25, 0.3) is 0 Å². The van der Waals surface area contributed by atoms with E-state index in [0.29, 0.717) is 6.42 Å². The lowest BCUT2D eigenvalue weighted by atomic mass is 10.0. The normalized spacial score (nSPS) is 12.6. The van der Waals surface area contributed by atoms with Gasteiger partial charge in [-0.1, -0.05) is 18.2 Å². The third-order valence-electron chi connectivity index (χ3n) is 2.96. The highest BCUT2D eigenvalue weighted by Gasteiger charge is 2.13. The van der Waals surface area contributed by atoms with Gasteiger partial charge in [-0.25, -0.2) is 4.39 Å². The Labute approximate surface area is 119 Å². The summed E-state index contributed by atoms with van der Waals surface area (Å²) in [5, 5.41) is 5.33. The van der Waals surface area contributed by atoms with Crippen LogP contribution in [0.1, 0.15) is 10.4 Å². The fourth-order valence-electron chi connectivity index (χ4n) is 1.90. The van der Waals surface area contributed by atoms with E-state index in [4.69, 9.17) is 0 Å². The first-order valence-electron chi connectivity index (χ1n) is 5.83. The summed E-state index contributed by atoms with van der Waals surface area (Å²) in [6, 6.07) is 9.27. The average Bonchev–Trinajstić information content (AvgIpc) is 2.77. The fraction of sp³-hybridized carbons (Fsp3) is 0.286. The molecule has 1 heterocycles. The molecule has 0 aliphatic carbocycles. The molecule has 1 nitrogen and oxygen atoms in total. The van der Waals surface area contributed by atoms with Crippen molar-refractivity contribution in [3.63, 3.8) is 0 Å². The number of hydrogen-bond donors (Lipinski definition) is 1. The lowest BCUT2D eigenvalue weighted by Gasteiger charge is -2.16. The Balaban J connectivity index is 2.06. The lowest BCUT2D eigenvalue weighted by Crippen LogP contribution is -2.30. The Kier molecular flexibility index (Phi) is 4.92. The number of hydrogen-bond acceptors (Lipinski definition) is 2. The second kappa shape index (κ2) is 6.45. The molecule has 0 aliphatic rings. The predicted molar refractivity (Wildman–Crippen MR) is 78.7 cm³/mol. The van der Waals surface area contributed by atoms with Crippen molar-refractivity contribution < 1.29 is 4.39 Å². The molecule has 0 saturated carbocycles. The topological polar surface area (TPSA) is 12.0 Å². The van der Waals surface area contributed by atoms with Gasteiger partial charge in [0.15, 0.2) is 0 Å². The van der Waals surface area contributed by atoms with Crippen molar-refractivity contribution in [3.8, 4) is 0 Å². The van der Waals surface area contributed by atoms with Gasteiger partial charge in [0, 0.05) is 15.4 Å². The highest BCUT2D eigenvalue weighted by atomic mass is 79.9. The van der Waals surface area contributed by atoms with E-state index in [2.05, 4.69) is 32.7 Å². The van der Waals surface area contributed by atoms with Gasteiger partial charge in [-0.3, -0.25) is 0 Å². The van der Waals surface area contributed by atoms with Crippen molar-refractivity contribution in [2.45, 2.75) is 18.9 Å². The zero-order chi connectivity index (χ0) is 13.0. The molecule has 0 amide bonds. The van der Waals surface area contributed by atoms with Crippen LogP contribution in [0.4, 0.5) is 4.39 Å². The van der Waals surface area contributed by atoms with Crippen molar-refractivity contribution in [2.24, 2.45) is 0 Å². The summed E-state index contributed by atoms with van der Waals surface area (Å²) in [7, 11) is 1.92. The van der Waals surface area contributed by atoms with E-state index >= 15 is 0 Å². The number of likely N-dealkylation sites (N-methyl/N-ethyl adjacent to an activating group) is 1. The molecule has 1 N–H and O–H groups in total. The van der Waals surface area contributed by atoms with E-state index in [-0.39, 0.29) is 11.9 Å². The minimum absolute atomic E-state index is 0.122. The Morgan fingerprint density at radius 2 is 2.06 bits per heavy atom. The number of benzene rings is 1. The van der Waals surface area contributed by atoms with Crippen molar-refractivity contribution in [1.29, 1.82) is 0 Å². The molecule has 1 aromatic carbocycles. The summed E-state index contributed by atoms with van der Waals surface area (Å²) < 4.78 is 14.8. The van der Waals surface area contributed by atoms with E-state index in [1.165, 1.54) is 10.9 Å². The van der Waals surface area contributed by atoms with Gasteiger partial charge in [0.2, 0.25) is 0 Å². The van der Waals surface area contributed by atoms with E-state index in [1.807, 2.05) is 19.2 Å². The highest BCUT2D eigenvalue weighted by molar-refractivity contribution is 9.10. The molecule has 1 atom stereocenters. The first kappa shape index (κ1) is 13.7.